The van der Waals surface area contributed by atoms with Crippen LogP contribution in [0.5, 0.6) is 0 Å². The van der Waals surface area contributed by atoms with Gasteiger partial charge >= 0.3 is 0 Å². The lowest BCUT2D eigenvalue weighted by Crippen LogP contribution is -2.44. The van der Waals surface area contributed by atoms with E-state index >= 15 is 0 Å². The van der Waals surface area contributed by atoms with E-state index in [0.717, 1.165) is 24.8 Å². The third kappa shape index (κ3) is 4.42. The Morgan fingerprint density at radius 3 is 2.64 bits per heavy atom. The number of carbonyl (C=O) groups excluding carboxylic acids is 2. The Kier molecular flexibility index (Phi) is 5.13. The van der Waals surface area contributed by atoms with E-state index in [9.17, 15) is 14.0 Å². The van der Waals surface area contributed by atoms with E-state index in [-0.39, 0.29) is 42.7 Å². The molecular formula is C18H22FN3O3. The van der Waals surface area contributed by atoms with Crippen LogP contribution in [0.15, 0.2) is 29.4 Å². The summed E-state index contributed by atoms with van der Waals surface area (Å²) in [6.07, 6.45) is 3.77. The molecule has 0 bridgehead atoms. The van der Waals surface area contributed by atoms with Crippen LogP contribution in [-0.4, -0.2) is 39.8 Å². The van der Waals surface area contributed by atoms with Crippen LogP contribution in [0.25, 0.3) is 0 Å². The second-order valence-corrected chi connectivity index (χ2v) is 6.69. The Balaban J connectivity index is 1.65. The molecule has 134 valence electrons. The minimum Gasteiger partial charge on any atom is -0.396 e. The van der Waals surface area contributed by atoms with Crippen molar-refractivity contribution in [2.24, 2.45) is 5.10 Å². The van der Waals surface area contributed by atoms with E-state index in [2.05, 4.69) is 10.4 Å². The first-order chi connectivity index (χ1) is 12.0. The van der Waals surface area contributed by atoms with E-state index < -0.39 is 0 Å². The Bertz CT molecular complexity index is 683. The van der Waals surface area contributed by atoms with Crippen molar-refractivity contribution in [2.45, 2.75) is 50.6 Å². The van der Waals surface area contributed by atoms with Crippen LogP contribution in [0.1, 0.15) is 44.1 Å². The van der Waals surface area contributed by atoms with E-state index in [4.69, 9.17) is 5.11 Å². The number of amides is 2. The van der Waals surface area contributed by atoms with Crippen LogP contribution in [-0.2, 0) is 16.1 Å². The van der Waals surface area contributed by atoms with E-state index in [0.29, 0.717) is 18.6 Å². The van der Waals surface area contributed by atoms with Crippen molar-refractivity contribution in [3.63, 3.8) is 0 Å². The molecule has 25 heavy (non-hydrogen) atoms. The van der Waals surface area contributed by atoms with Gasteiger partial charge in [0.2, 0.25) is 5.91 Å². The number of rotatable bonds is 7. The number of benzene rings is 1. The number of hydrazone groups is 1. The molecule has 1 heterocycles. The van der Waals surface area contributed by atoms with Crippen molar-refractivity contribution >= 4 is 17.5 Å². The summed E-state index contributed by atoms with van der Waals surface area (Å²) in [5.41, 5.74) is 0.879. The van der Waals surface area contributed by atoms with Crippen molar-refractivity contribution in [3.8, 4) is 0 Å². The summed E-state index contributed by atoms with van der Waals surface area (Å²) in [6, 6.07) is 5.86. The lowest BCUT2D eigenvalue weighted by atomic mass is 10.1. The number of hydrogen-bond acceptors (Lipinski definition) is 4. The number of carbonyl (C=O) groups is 2. The number of hydrogen-bond donors (Lipinski definition) is 2. The molecule has 1 fully saturated rings. The van der Waals surface area contributed by atoms with Crippen LogP contribution in [0.4, 0.5) is 4.39 Å². The number of nitrogens with zero attached hydrogens (tertiary/aromatic N) is 2. The molecule has 1 aromatic carbocycles. The summed E-state index contributed by atoms with van der Waals surface area (Å²) in [4.78, 5) is 24.5. The second kappa shape index (κ2) is 7.31. The van der Waals surface area contributed by atoms with Gasteiger partial charge in [-0.2, -0.15) is 5.10 Å². The second-order valence-electron chi connectivity index (χ2n) is 6.69. The molecule has 7 heteroatoms. The normalized spacial score (nSPS) is 18.7. The lowest BCUT2D eigenvalue weighted by Gasteiger charge is -2.24. The molecule has 0 saturated heterocycles. The zero-order valence-electron chi connectivity index (χ0n) is 14.0. The molecule has 0 unspecified atom stereocenters. The van der Waals surface area contributed by atoms with Crippen molar-refractivity contribution in [1.29, 1.82) is 0 Å². The predicted molar refractivity (Wildman–Crippen MR) is 90.0 cm³/mol. The van der Waals surface area contributed by atoms with Crippen LogP contribution >= 0.6 is 0 Å². The summed E-state index contributed by atoms with van der Waals surface area (Å²) in [5.74, 6) is -0.732. The van der Waals surface area contributed by atoms with Crippen LogP contribution in [0, 0.1) is 5.82 Å². The molecule has 1 saturated carbocycles. The maximum Gasteiger partial charge on any atom is 0.267 e. The SMILES string of the molecule is O=C(NC1(CCCO)CC1)C1=NN(Cc2ccc(F)cc2)C(=O)CC1. The summed E-state index contributed by atoms with van der Waals surface area (Å²) < 4.78 is 13.0. The predicted octanol–water partition coefficient (Wildman–Crippen LogP) is 1.73. The number of halogens is 1. The van der Waals surface area contributed by atoms with Gasteiger partial charge in [0.1, 0.15) is 11.5 Å². The molecule has 0 aromatic heterocycles. The quantitative estimate of drug-likeness (QED) is 0.788. The molecule has 2 N–H and O–H groups in total. The van der Waals surface area contributed by atoms with Gasteiger partial charge in [0.05, 0.1) is 6.54 Å². The summed E-state index contributed by atoms with van der Waals surface area (Å²) >= 11 is 0. The Labute approximate surface area is 145 Å². The highest BCUT2D eigenvalue weighted by Crippen LogP contribution is 2.39. The first-order valence-electron chi connectivity index (χ1n) is 8.57. The van der Waals surface area contributed by atoms with Crippen molar-refractivity contribution < 1.29 is 19.1 Å². The molecule has 1 aliphatic heterocycles. The first kappa shape index (κ1) is 17.5. The summed E-state index contributed by atoms with van der Waals surface area (Å²) in [6.45, 7) is 0.323. The molecule has 1 aliphatic carbocycles. The average molecular weight is 347 g/mol. The Morgan fingerprint density at radius 2 is 2.00 bits per heavy atom. The van der Waals surface area contributed by atoms with Gasteiger partial charge in [-0.25, -0.2) is 9.40 Å². The fraction of sp³-hybridized carbons (Fsp3) is 0.500. The molecule has 0 atom stereocenters. The molecule has 3 rings (SSSR count). The maximum atomic E-state index is 13.0. The number of aliphatic hydroxyl groups excluding tert-OH is 1. The third-order valence-corrected chi connectivity index (χ3v) is 4.66. The minimum atomic E-state index is -0.338. The zero-order chi connectivity index (χ0) is 17.9. The van der Waals surface area contributed by atoms with E-state index in [1.54, 1.807) is 12.1 Å². The van der Waals surface area contributed by atoms with Crippen LogP contribution in [0.2, 0.25) is 0 Å². The van der Waals surface area contributed by atoms with Crippen molar-refractivity contribution in [2.75, 3.05) is 6.61 Å². The van der Waals surface area contributed by atoms with Gasteiger partial charge in [-0.3, -0.25) is 9.59 Å². The summed E-state index contributed by atoms with van der Waals surface area (Å²) in [7, 11) is 0. The third-order valence-electron chi connectivity index (χ3n) is 4.66. The van der Waals surface area contributed by atoms with Gasteiger partial charge in [0, 0.05) is 25.0 Å². The highest BCUT2D eigenvalue weighted by atomic mass is 19.1. The van der Waals surface area contributed by atoms with E-state index in [1.807, 2.05) is 0 Å². The molecule has 1 aromatic rings. The highest BCUT2D eigenvalue weighted by molar-refractivity contribution is 6.39. The van der Waals surface area contributed by atoms with Crippen LogP contribution < -0.4 is 5.32 Å². The monoisotopic (exact) mass is 347 g/mol. The van der Waals surface area contributed by atoms with Crippen LogP contribution in [0.3, 0.4) is 0 Å². The average Bonchev–Trinajstić information content (AvgIpc) is 3.36. The first-order valence-corrected chi connectivity index (χ1v) is 8.57. The number of aliphatic hydroxyl groups is 1. The molecule has 6 nitrogen and oxygen atoms in total. The van der Waals surface area contributed by atoms with E-state index in [1.165, 1.54) is 17.1 Å². The number of nitrogens with one attached hydrogen (secondary N) is 1. The molecule has 0 radical (unpaired) electrons. The fourth-order valence-electron chi connectivity index (χ4n) is 2.97. The molecule has 2 amide bonds. The smallest absolute Gasteiger partial charge is 0.267 e. The fourth-order valence-corrected chi connectivity index (χ4v) is 2.97. The standard InChI is InChI=1S/C18H22FN3O3/c19-14-4-2-13(3-5-14)12-22-16(24)7-6-15(21-22)17(25)20-18(9-10-18)8-1-11-23/h2-5,23H,1,6-12H2,(H,20,25). The largest absolute Gasteiger partial charge is 0.396 e. The van der Waals surface area contributed by atoms with Gasteiger partial charge in [-0.05, 0) is 43.4 Å². The highest BCUT2D eigenvalue weighted by Gasteiger charge is 2.44. The van der Waals surface area contributed by atoms with Crippen molar-refractivity contribution in [1.82, 2.24) is 10.3 Å². The molecule has 0 spiro atoms. The topological polar surface area (TPSA) is 82.0 Å². The summed E-state index contributed by atoms with van der Waals surface area (Å²) in [5, 5.41) is 17.5. The lowest BCUT2D eigenvalue weighted by molar-refractivity contribution is -0.132. The molecular weight excluding hydrogens is 325 g/mol. The Hall–Kier alpha value is -2.28. The molecule has 2 aliphatic rings. The van der Waals surface area contributed by atoms with Gasteiger partial charge in [-0.1, -0.05) is 12.1 Å². The van der Waals surface area contributed by atoms with Gasteiger partial charge in [-0.15, -0.1) is 0 Å². The van der Waals surface area contributed by atoms with Crippen molar-refractivity contribution in [3.05, 3.63) is 35.6 Å². The maximum absolute atomic E-state index is 13.0. The van der Waals surface area contributed by atoms with Gasteiger partial charge < -0.3 is 10.4 Å². The minimum absolute atomic E-state index is 0.110. The Morgan fingerprint density at radius 1 is 1.28 bits per heavy atom. The zero-order valence-corrected chi connectivity index (χ0v) is 14.0. The van der Waals surface area contributed by atoms with Gasteiger partial charge in [0.15, 0.2) is 0 Å². The van der Waals surface area contributed by atoms with Gasteiger partial charge in [0.25, 0.3) is 5.91 Å².